The van der Waals surface area contributed by atoms with Crippen LogP contribution >= 0.6 is 15.9 Å². The zero-order chi connectivity index (χ0) is 13.0. The molecule has 1 heterocycles. The van der Waals surface area contributed by atoms with Crippen LogP contribution in [0.15, 0.2) is 35.1 Å². The van der Waals surface area contributed by atoms with E-state index < -0.39 is 0 Å². The molecule has 94 valence electrons. The molecule has 0 amide bonds. The van der Waals surface area contributed by atoms with E-state index in [4.69, 9.17) is 9.47 Å². The van der Waals surface area contributed by atoms with Crippen molar-refractivity contribution in [3.8, 4) is 22.9 Å². The minimum absolute atomic E-state index is 0.564. The molecule has 4 nitrogen and oxygen atoms in total. The summed E-state index contributed by atoms with van der Waals surface area (Å²) in [5.41, 5.74) is 0.875. The average Bonchev–Trinajstić information content (AvgIpc) is 2.42. The highest BCUT2D eigenvalue weighted by Crippen LogP contribution is 2.41. The number of halogens is 1. The summed E-state index contributed by atoms with van der Waals surface area (Å²) in [5.74, 6) is 2.00. The lowest BCUT2D eigenvalue weighted by atomic mass is 10.2. The van der Waals surface area contributed by atoms with Gasteiger partial charge < -0.3 is 9.47 Å². The third kappa shape index (κ3) is 2.46. The molecule has 0 aliphatic rings. The predicted molar refractivity (Wildman–Crippen MR) is 72.9 cm³/mol. The number of rotatable bonds is 4. The number of methoxy groups -OCH3 is 1. The summed E-state index contributed by atoms with van der Waals surface area (Å²) in [6, 6.07) is 5.53. The van der Waals surface area contributed by atoms with Crippen LogP contribution in [-0.2, 0) is 0 Å². The summed E-state index contributed by atoms with van der Waals surface area (Å²) in [6.07, 6.45) is 3.42. The lowest BCUT2D eigenvalue weighted by Gasteiger charge is -2.13. The zero-order valence-corrected chi connectivity index (χ0v) is 11.8. The second-order valence-electron chi connectivity index (χ2n) is 3.46. The van der Waals surface area contributed by atoms with Crippen molar-refractivity contribution < 1.29 is 9.47 Å². The van der Waals surface area contributed by atoms with Crippen LogP contribution in [0, 0.1) is 0 Å². The molecule has 2 aromatic rings. The van der Waals surface area contributed by atoms with Gasteiger partial charge in [0.15, 0.2) is 17.3 Å². The van der Waals surface area contributed by atoms with Gasteiger partial charge in [-0.05, 0) is 41.1 Å². The van der Waals surface area contributed by atoms with Gasteiger partial charge >= 0.3 is 0 Å². The third-order valence-corrected chi connectivity index (χ3v) is 3.16. The molecule has 0 aliphatic carbocycles. The van der Waals surface area contributed by atoms with E-state index in [1.165, 1.54) is 0 Å². The topological polar surface area (TPSA) is 44.2 Å². The van der Waals surface area contributed by atoms with Crippen molar-refractivity contribution in [2.75, 3.05) is 13.7 Å². The van der Waals surface area contributed by atoms with E-state index in [9.17, 15) is 0 Å². The molecule has 0 aliphatic heterocycles. The van der Waals surface area contributed by atoms with Crippen molar-refractivity contribution in [1.82, 2.24) is 9.97 Å². The van der Waals surface area contributed by atoms with Crippen molar-refractivity contribution in [1.29, 1.82) is 0 Å². The Labute approximate surface area is 114 Å². The first-order valence-corrected chi connectivity index (χ1v) is 6.34. The van der Waals surface area contributed by atoms with Gasteiger partial charge in [-0.25, -0.2) is 9.97 Å². The van der Waals surface area contributed by atoms with Gasteiger partial charge in [-0.2, -0.15) is 0 Å². The van der Waals surface area contributed by atoms with Crippen LogP contribution in [0.5, 0.6) is 11.5 Å². The largest absolute Gasteiger partial charge is 0.493 e. The van der Waals surface area contributed by atoms with Crippen molar-refractivity contribution in [3.05, 3.63) is 35.1 Å². The summed E-state index contributed by atoms with van der Waals surface area (Å²) >= 11 is 3.53. The smallest absolute Gasteiger partial charge is 0.176 e. The summed E-state index contributed by atoms with van der Waals surface area (Å²) < 4.78 is 11.7. The van der Waals surface area contributed by atoms with Crippen molar-refractivity contribution in [2.45, 2.75) is 6.92 Å². The fourth-order valence-electron chi connectivity index (χ4n) is 1.59. The SMILES string of the molecule is CCOc1c(OC)ccc(-c2ncccn2)c1Br. The van der Waals surface area contributed by atoms with Crippen molar-refractivity contribution in [2.24, 2.45) is 0 Å². The van der Waals surface area contributed by atoms with E-state index in [1.807, 2.05) is 19.1 Å². The summed E-state index contributed by atoms with van der Waals surface area (Å²) in [6.45, 7) is 2.49. The maximum absolute atomic E-state index is 5.59. The van der Waals surface area contributed by atoms with Gasteiger partial charge in [0.05, 0.1) is 18.2 Å². The Kier molecular flexibility index (Phi) is 4.15. The summed E-state index contributed by atoms with van der Waals surface area (Å²) in [7, 11) is 1.61. The standard InChI is InChI=1S/C13H13BrN2O2/c1-3-18-12-10(17-2)6-5-9(11(12)14)13-15-7-4-8-16-13/h4-8H,3H2,1-2H3. The van der Waals surface area contributed by atoms with E-state index in [0.717, 1.165) is 10.0 Å². The van der Waals surface area contributed by atoms with Crippen LogP contribution in [0.4, 0.5) is 0 Å². The molecule has 1 aromatic carbocycles. The molecule has 0 N–H and O–H groups in total. The first-order chi connectivity index (χ1) is 8.77. The average molecular weight is 309 g/mol. The Balaban J connectivity index is 2.54. The molecule has 0 spiro atoms. The number of ether oxygens (including phenoxy) is 2. The quantitative estimate of drug-likeness (QED) is 0.869. The lowest BCUT2D eigenvalue weighted by Crippen LogP contribution is -1.98. The van der Waals surface area contributed by atoms with Crippen LogP contribution < -0.4 is 9.47 Å². The first kappa shape index (κ1) is 12.8. The number of benzene rings is 1. The highest BCUT2D eigenvalue weighted by molar-refractivity contribution is 9.10. The van der Waals surface area contributed by atoms with Crippen molar-refractivity contribution >= 4 is 15.9 Å². The minimum Gasteiger partial charge on any atom is -0.493 e. The van der Waals surface area contributed by atoms with E-state index in [-0.39, 0.29) is 0 Å². The molecule has 18 heavy (non-hydrogen) atoms. The Morgan fingerprint density at radius 3 is 2.56 bits per heavy atom. The fraction of sp³-hybridized carbons (Fsp3) is 0.231. The van der Waals surface area contributed by atoms with Gasteiger partial charge in [-0.3, -0.25) is 0 Å². The van der Waals surface area contributed by atoms with E-state index in [0.29, 0.717) is 23.9 Å². The monoisotopic (exact) mass is 308 g/mol. The molecule has 0 atom stereocenters. The van der Waals surface area contributed by atoms with Crippen LogP contribution in [0.2, 0.25) is 0 Å². The Morgan fingerprint density at radius 2 is 1.94 bits per heavy atom. The normalized spacial score (nSPS) is 10.2. The number of aromatic nitrogens is 2. The molecule has 0 bridgehead atoms. The van der Waals surface area contributed by atoms with Crippen LogP contribution in [-0.4, -0.2) is 23.7 Å². The Morgan fingerprint density at radius 1 is 1.22 bits per heavy atom. The molecular weight excluding hydrogens is 296 g/mol. The molecule has 0 unspecified atom stereocenters. The number of nitrogens with zero attached hydrogens (tertiary/aromatic N) is 2. The van der Waals surface area contributed by atoms with Gasteiger partial charge in [0.2, 0.25) is 0 Å². The molecular formula is C13H13BrN2O2. The molecule has 0 fully saturated rings. The molecule has 2 rings (SSSR count). The fourth-order valence-corrected chi connectivity index (χ4v) is 2.21. The first-order valence-electron chi connectivity index (χ1n) is 5.54. The minimum atomic E-state index is 0.564. The van der Waals surface area contributed by atoms with E-state index >= 15 is 0 Å². The highest BCUT2D eigenvalue weighted by atomic mass is 79.9. The third-order valence-electron chi connectivity index (χ3n) is 2.38. The predicted octanol–water partition coefficient (Wildman–Crippen LogP) is 3.31. The summed E-state index contributed by atoms with van der Waals surface area (Å²) in [4.78, 5) is 8.46. The molecule has 0 radical (unpaired) electrons. The van der Waals surface area contributed by atoms with Crippen LogP contribution in [0.1, 0.15) is 6.92 Å². The Bertz CT molecular complexity index is 532. The van der Waals surface area contributed by atoms with Gasteiger partial charge in [-0.1, -0.05) is 0 Å². The van der Waals surface area contributed by atoms with E-state index in [2.05, 4.69) is 25.9 Å². The van der Waals surface area contributed by atoms with Gasteiger partial charge in [0.1, 0.15) is 0 Å². The zero-order valence-electron chi connectivity index (χ0n) is 10.2. The molecule has 0 saturated carbocycles. The number of hydrogen-bond acceptors (Lipinski definition) is 4. The Hall–Kier alpha value is -1.62. The lowest BCUT2D eigenvalue weighted by molar-refractivity contribution is 0.309. The van der Waals surface area contributed by atoms with Gasteiger partial charge in [0.25, 0.3) is 0 Å². The summed E-state index contributed by atoms with van der Waals surface area (Å²) in [5, 5.41) is 0. The van der Waals surface area contributed by atoms with Crippen LogP contribution in [0.25, 0.3) is 11.4 Å². The molecule has 5 heteroatoms. The molecule has 0 saturated heterocycles. The number of hydrogen-bond donors (Lipinski definition) is 0. The van der Waals surface area contributed by atoms with Gasteiger partial charge in [-0.15, -0.1) is 0 Å². The van der Waals surface area contributed by atoms with Crippen LogP contribution in [0.3, 0.4) is 0 Å². The molecule has 1 aromatic heterocycles. The second-order valence-corrected chi connectivity index (χ2v) is 4.26. The highest BCUT2D eigenvalue weighted by Gasteiger charge is 2.15. The van der Waals surface area contributed by atoms with Gasteiger partial charge in [0, 0.05) is 18.0 Å². The maximum Gasteiger partial charge on any atom is 0.176 e. The maximum atomic E-state index is 5.59. The van der Waals surface area contributed by atoms with E-state index in [1.54, 1.807) is 25.6 Å². The van der Waals surface area contributed by atoms with Crippen molar-refractivity contribution in [3.63, 3.8) is 0 Å². The second kappa shape index (κ2) is 5.82.